The van der Waals surface area contributed by atoms with Crippen molar-refractivity contribution in [3.05, 3.63) is 63.9 Å². The Morgan fingerprint density at radius 3 is 2.60 bits per heavy atom. The van der Waals surface area contributed by atoms with E-state index in [1.54, 1.807) is 37.4 Å². The van der Waals surface area contributed by atoms with Crippen LogP contribution in [-0.2, 0) is 0 Å². The Hall–Kier alpha value is -1.58. The Kier molecular flexibility index (Phi) is 4.63. The van der Waals surface area contributed by atoms with Gasteiger partial charge in [-0.2, -0.15) is 0 Å². The van der Waals surface area contributed by atoms with Gasteiger partial charge in [0.25, 0.3) is 0 Å². The van der Waals surface area contributed by atoms with Crippen LogP contribution in [0.15, 0.2) is 42.5 Å². The predicted molar refractivity (Wildman–Crippen MR) is 80.5 cm³/mol. The first-order chi connectivity index (χ1) is 9.49. The van der Waals surface area contributed by atoms with Crippen LogP contribution in [0.2, 0.25) is 10.0 Å². The molecule has 0 amide bonds. The van der Waals surface area contributed by atoms with E-state index in [9.17, 15) is 9.18 Å². The molecule has 0 bridgehead atoms. The van der Waals surface area contributed by atoms with Gasteiger partial charge in [-0.05, 0) is 30.3 Å². The SMILES string of the molecule is CN(CC(=O)c1cc(Cl)ccc1Cl)c1ccccc1F. The number of Topliss-reactive ketones (excluding diaryl/α,β-unsaturated/α-hetero) is 1. The standard InChI is InChI=1S/C15H12Cl2FNO/c1-19(14-5-3-2-4-13(14)18)9-15(20)11-8-10(16)6-7-12(11)17/h2-8H,9H2,1H3. The minimum absolute atomic E-state index is 0.0149. The Morgan fingerprint density at radius 1 is 1.20 bits per heavy atom. The van der Waals surface area contributed by atoms with E-state index in [0.717, 1.165) is 0 Å². The first kappa shape index (κ1) is 14.8. The highest BCUT2D eigenvalue weighted by atomic mass is 35.5. The molecule has 0 spiro atoms. The summed E-state index contributed by atoms with van der Waals surface area (Å²) < 4.78 is 13.6. The summed E-state index contributed by atoms with van der Waals surface area (Å²) in [6, 6.07) is 11.0. The summed E-state index contributed by atoms with van der Waals surface area (Å²) in [7, 11) is 1.65. The third-order valence-electron chi connectivity index (χ3n) is 2.87. The van der Waals surface area contributed by atoms with Gasteiger partial charge in [0.15, 0.2) is 5.78 Å². The molecule has 0 aliphatic rings. The summed E-state index contributed by atoms with van der Waals surface area (Å²) in [5.74, 6) is -0.594. The van der Waals surface area contributed by atoms with Gasteiger partial charge in [0.05, 0.1) is 17.3 Å². The summed E-state index contributed by atoms with van der Waals surface area (Å²) >= 11 is 11.8. The van der Waals surface area contributed by atoms with Crippen molar-refractivity contribution in [2.75, 3.05) is 18.5 Å². The highest BCUT2D eigenvalue weighted by Gasteiger charge is 2.15. The summed E-state index contributed by atoms with van der Waals surface area (Å²) in [6.45, 7) is 0.0149. The average molecular weight is 312 g/mol. The van der Waals surface area contributed by atoms with Gasteiger partial charge in [0.1, 0.15) is 5.82 Å². The molecule has 0 N–H and O–H groups in total. The molecule has 2 nitrogen and oxygen atoms in total. The fourth-order valence-electron chi connectivity index (χ4n) is 1.86. The molecule has 0 unspecified atom stereocenters. The van der Waals surface area contributed by atoms with Crippen molar-refractivity contribution in [3.8, 4) is 0 Å². The maximum atomic E-state index is 13.6. The lowest BCUT2D eigenvalue weighted by atomic mass is 10.1. The number of anilines is 1. The molecular formula is C15H12Cl2FNO. The van der Waals surface area contributed by atoms with Crippen molar-refractivity contribution < 1.29 is 9.18 Å². The Morgan fingerprint density at radius 2 is 1.90 bits per heavy atom. The minimum Gasteiger partial charge on any atom is -0.365 e. The molecule has 0 fully saturated rings. The lowest BCUT2D eigenvalue weighted by Crippen LogP contribution is -2.26. The molecule has 2 aromatic carbocycles. The highest BCUT2D eigenvalue weighted by Crippen LogP contribution is 2.23. The van der Waals surface area contributed by atoms with Crippen LogP contribution in [0.1, 0.15) is 10.4 Å². The summed E-state index contributed by atoms with van der Waals surface area (Å²) in [5.41, 5.74) is 0.696. The largest absolute Gasteiger partial charge is 0.365 e. The molecule has 0 aromatic heterocycles. The maximum Gasteiger partial charge on any atom is 0.183 e. The number of hydrogen-bond acceptors (Lipinski definition) is 2. The topological polar surface area (TPSA) is 20.3 Å². The van der Waals surface area contributed by atoms with Gasteiger partial charge in [-0.3, -0.25) is 4.79 Å². The molecule has 0 radical (unpaired) electrons. The molecule has 0 atom stereocenters. The van der Waals surface area contributed by atoms with E-state index in [-0.39, 0.29) is 18.1 Å². The number of carbonyl (C=O) groups excluding carboxylic acids is 1. The van der Waals surface area contributed by atoms with E-state index < -0.39 is 0 Å². The quantitative estimate of drug-likeness (QED) is 0.777. The number of ketones is 1. The number of carbonyl (C=O) groups is 1. The molecule has 0 saturated heterocycles. The van der Waals surface area contributed by atoms with Gasteiger partial charge in [0, 0.05) is 17.6 Å². The number of hydrogen-bond donors (Lipinski definition) is 0. The monoisotopic (exact) mass is 311 g/mol. The van der Waals surface area contributed by atoms with Gasteiger partial charge in [-0.15, -0.1) is 0 Å². The van der Waals surface area contributed by atoms with Crippen molar-refractivity contribution in [1.82, 2.24) is 0 Å². The smallest absolute Gasteiger partial charge is 0.183 e. The second-order valence-electron chi connectivity index (χ2n) is 4.35. The predicted octanol–water partition coefficient (Wildman–Crippen LogP) is 4.45. The van der Waals surface area contributed by atoms with Crippen molar-refractivity contribution >= 4 is 34.7 Å². The van der Waals surface area contributed by atoms with Gasteiger partial charge in [0.2, 0.25) is 0 Å². The van der Waals surface area contributed by atoms with Gasteiger partial charge in [-0.25, -0.2) is 4.39 Å². The number of likely N-dealkylation sites (N-methyl/N-ethyl adjacent to an activating group) is 1. The average Bonchev–Trinajstić information content (AvgIpc) is 2.41. The van der Waals surface area contributed by atoms with Gasteiger partial charge >= 0.3 is 0 Å². The highest BCUT2D eigenvalue weighted by molar-refractivity contribution is 6.36. The van der Waals surface area contributed by atoms with E-state index in [1.165, 1.54) is 17.0 Å². The lowest BCUT2D eigenvalue weighted by molar-refractivity contribution is 0.100. The molecule has 0 saturated carbocycles. The third-order valence-corrected chi connectivity index (χ3v) is 3.44. The molecular weight excluding hydrogens is 300 g/mol. The molecule has 5 heteroatoms. The summed E-state index contributed by atoms with van der Waals surface area (Å²) in [4.78, 5) is 13.7. The van der Waals surface area contributed by atoms with Crippen LogP contribution in [0.3, 0.4) is 0 Å². The van der Waals surface area contributed by atoms with Crippen molar-refractivity contribution in [1.29, 1.82) is 0 Å². The number of nitrogens with zero attached hydrogens (tertiary/aromatic N) is 1. The Bertz CT molecular complexity index is 646. The maximum absolute atomic E-state index is 13.6. The molecule has 20 heavy (non-hydrogen) atoms. The summed E-state index contributed by atoms with van der Waals surface area (Å²) in [6.07, 6.45) is 0. The minimum atomic E-state index is -0.375. The van der Waals surface area contributed by atoms with Crippen LogP contribution < -0.4 is 4.90 Å². The molecule has 104 valence electrons. The van der Waals surface area contributed by atoms with Crippen LogP contribution in [-0.4, -0.2) is 19.4 Å². The van der Waals surface area contributed by atoms with Crippen LogP contribution in [0.4, 0.5) is 10.1 Å². The van der Waals surface area contributed by atoms with Crippen LogP contribution >= 0.6 is 23.2 Å². The third kappa shape index (κ3) is 3.30. The van der Waals surface area contributed by atoms with E-state index in [0.29, 0.717) is 21.3 Å². The zero-order chi connectivity index (χ0) is 14.7. The van der Waals surface area contributed by atoms with Crippen LogP contribution in [0, 0.1) is 5.82 Å². The van der Waals surface area contributed by atoms with Crippen molar-refractivity contribution in [2.45, 2.75) is 0 Å². The molecule has 0 aliphatic carbocycles. The Labute approximate surface area is 126 Å². The van der Waals surface area contributed by atoms with E-state index >= 15 is 0 Å². The normalized spacial score (nSPS) is 10.4. The Balaban J connectivity index is 2.20. The summed E-state index contributed by atoms with van der Waals surface area (Å²) in [5, 5.41) is 0.771. The number of rotatable bonds is 4. The number of para-hydroxylation sites is 1. The van der Waals surface area contributed by atoms with Gasteiger partial charge < -0.3 is 4.90 Å². The van der Waals surface area contributed by atoms with E-state index in [4.69, 9.17) is 23.2 Å². The first-order valence-corrected chi connectivity index (χ1v) is 6.68. The van der Waals surface area contributed by atoms with Crippen LogP contribution in [0.5, 0.6) is 0 Å². The van der Waals surface area contributed by atoms with E-state index in [1.807, 2.05) is 0 Å². The molecule has 2 rings (SSSR count). The molecule has 0 heterocycles. The molecule has 2 aromatic rings. The van der Waals surface area contributed by atoms with Gasteiger partial charge in [-0.1, -0.05) is 35.3 Å². The fraction of sp³-hybridized carbons (Fsp3) is 0.133. The number of halogens is 3. The second kappa shape index (κ2) is 6.25. The van der Waals surface area contributed by atoms with E-state index in [2.05, 4.69) is 0 Å². The van der Waals surface area contributed by atoms with Crippen molar-refractivity contribution in [2.24, 2.45) is 0 Å². The molecule has 0 aliphatic heterocycles. The van der Waals surface area contributed by atoms with Crippen LogP contribution in [0.25, 0.3) is 0 Å². The lowest BCUT2D eigenvalue weighted by Gasteiger charge is -2.19. The fourth-order valence-corrected chi connectivity index (χ4v) is 2.25. The second-order valence-corrected chi connectivity index (χ2v) is 5.20. The zero-order valence-electron chi connectivity index (χ0n) is 10.7. The van der Waals surface area contributed by atoms with Crippen molar-refractivity contribution in [3.63, 3.8) is 0 Å². The zero-order valence-corrected chi connectivity index (χ0v) is 12.2. The number of benzene rings is 2. The first-order valence-electron chi connectivity index (χ1n) is 5.93.